The molecule has 1 amide bonds. The van der Waals surface area contributed by atoms with Crippen molar-refractivity contribution in [2.24, 2.45) is 0 Å². The lowest BCUT2D eigenvalue weighted by Gasteiger charge is -2.07. The van der Waals surface area contributed by atoms with Crippen LogP contribution in [0.3, 0.4) is 0 Å². The van der Waals surface area contributed by atoms with Crippen LogP contribution in [0.1, 0.15) is 5.56 Å². The average molecular weight is 343 g/mol. The smallest absolute Gasteiger partial charge is 0.413 e. The lowest BCUT2D eigenvalue weighted by molar-refractivity contribution is 0.155. The molecule has 0 unspecified atom stereocenters. The zero-order valence-corrected chi connectivity index (χ0v) is 12.0. The van der Waals surface area contributed by atoms with Crippen LogP contribution in [0.2, 0.25) is 5.15 Å². The first kappa shape index (κ1) is 13.8. The van der Waals surface area contributed by atoms with Gasteiger partial charge in [0.05, 0.1) is 4.47 Å². The number of nitrogens with zero attached hydrogens (tertiary/aromatic N) is 2. The number of carbonyl (C=O) groups is 1. The first-order valence-electron chi connectivity index (χ1n) is 5.31. The fourth-order valence-corrected chi connectivity index (χ4v) is 1.96. The standard InChI is InChI=1S/C12H9BrClN3O2/c13-9-6-10(14)16-17-11(9)15-12(18)19-7-8-4-2-1-3-5-8/h1-6H,7H2,(H,15,17,18). The summed E-state index contributed by atoms with van der Waals surface area (Å²) in [7, 11) is 0. The van der Waals surface area contributed by atoms with Gasteiger partial charge in [0, 0.05) is 0 Å². The van der Waals surface area contributed by atoms with Gasteiger partial charge in [0.25, 0.3) is 0 Å². The van der Waals surface area contributed by atoms with E-state index in [-0.39, 0.29) is 17.6 Å². The van der Waals surface area contributed by atoms with E-state index < -0.39 is 6.09 Å². The summed E-state index contributed by atoms with van der Waals surface area (Å²) in [6.45, 7) is 0.186. The molecule has 1 heterocycles. The molecule has 1 aromatic carbocycles. The number of nitrogens with one attached hydrogen (secondary N) is 1. The molecule has 0 bridgehead atoms. The fraction of sp³-hybridized carbons (Fsp3) is 0.0833. The molecule has 7 heteroatoms. The molecular weight excluding hydrogens is 334 g/mol. The summed E-state index contributed by atoms with van der Waals surface area (Å²) in [6.07, 6.45) is -0.610. The molecule has 2 rings (SSSR count). The van der Waals surface area contributed by atoms with Crippen molar-refractivity contribution >= 4 is 39.4 Å². The van der Waals surface area contributed by atoms with E-state index in [1.807, 2.05) is 30.3 Å². The van der Waals surface area contributed by atoms with Crippen molar-refractivity contribution in [2.45, 2.75) is 6.61 Å². The Labute approximate surface area is 123 Å². The minimum atomic E-state index is -0.610. The number of hydrogen-bond donors (Lipinski definition) is 1. The summed E-state index contributed by atoms with van der Waals surface area (Å²) in [5.74, 6) is 0.252. The quantitative estimate of drug-likeness (QED) is 0.925. The summed E-state index contributed by atoms with van der Waals surface area (Å²) < 4.78 is 5.58. The highest BCUT2D eigenvalue weighted by Crippen LogP contribution is 2.21. The van der Waals surface area contributed by atoms with E-state index in [0.717, 1.165) is 5.56 Å². The summed E-state index contributed by atoms with van der Waals surface area (Å²) in [5, 5.41) is 10.1. The van der Waals surface area contributed by atoms with Crippen LogP contribution in [0.15, 0.2) is 40.9 Å². The maximum Gasteiger partial charge on any atom is 0.413 e. The number of ether oxygens (including phenoxy) is 1. The number of benzene rings is 1. The van der Waals surface area contributed by atoms with E-state index in [4.69, 9.17) is 16.3 Å². The molecule has 0 saturated heterocycles. The molecule has 0 saturated carbocycles. The van der Waals surface area contributed by atoms with E-state index in [2.05, 4.69) is 31.4 Å². The third kappa shape index (κ3) is 4.18. The normalized spacial score (nSPS) is 10.0. The van der Waals surface area contributed by atoms with Gasteiger partial charge in [0.15, 0.2) is 11.0 Å². The minimum Gasteiger partial charge on any atom is -0.444 e. The highest BCUT2D eigenvalue weighted by Gasteiger charge is 2.09. The molecule has 0 aliphatic heterocycles. The summed E-state index contributed by atoms with van der Waals surface area (Å²) in [4.78, 5) is 11.6. The van der Waals surface area contributed by atoms with Crippen molar-refractivity contribution in [3.63, 3.8) is 0 Å². The molecule has 1 N–H and O–H groups in total. The van der Waals surface area contributed by atoms with E-state index in [9.17, 15) is 4.79 Å². The van der Waals surface area contributed by atoms with Crippen LogP contribution in [-0.4, -0.2) is 16.3 Å². The van der Waals surface area contributed by atoms with Crippen LogP contribution in [-0.2, 0) is 11.3 Å². The number of hydrogen-bond acceptors (Lipinski definition) is 4. The maximum absolute atomic E-state index is 11.6. The van der Waals surface area contributed by atoms with Gasteiger partial charge in [-0.05, 0) is 27.6 Å². The third-order valence-corrected chi connectivity index (χ3v) is 2.94. The molecule has 0 atom stereocenters. The molecule has 19 heavy (non-hydrogen) atoms. The molecule has 0 aliphatic carbocycles. The Bertz CT molecular complexity index is 580. The lowest BCUT2D eigenvalue weighted by atomic mass is 10.2. The molecule has 2 aromatic rings. The maximum atomic E-state index is 11.6. The number of rotatable bonds is 3. The van der Waals surface area contributed by atoms with E-state index in [0.29, 0.717) is 4.47 Å². The molecule has 5 nitrogen and oxygen atoms in total. The van der Waals surface area contributed by atoms with Crippen molar-refractivity contribution < 1.29 is 9.53 Å². The van der Waals surface area contributed by atoms with Crippen molar-refractivity contribution in [1.82, 2.24) is 10.2 Å². The zero-order chi connectivity index (χ0) is 13.7. The SMILES string of the molecule is O=C(Nc1nnc(Cl)cc1Br)OCc1ccccc1. The predicted molar refractivity (Wildman–Crippen MR) is 75.0 cm³/mol. The second kappa shape index (κ2) is 6.49. The van der Waals surface area contributed by atoms with E-state index >= 15 is 0 Å². The Hall–Kier alpha value is -1.66. The highest BCUT2D eigenvalue weighted by atomic mass is 79.9. The van der Waals surface area contributed by atoms with Crippen molar-refractivity contribution in [3.8, 4) is 0 Å². The lowest BCUT2D eigenvalue weighted by Crippen LogP contribution is -2.15. The Morgan fingerprint density at radius 2 is 2.05 bits per heavy atom. The summed E-state index contributed by atoms with van der Waals surface area (Å²) in [6, 6.07) is 10.9. The van der Waals surface area contributed by atoms with Crippen molar-refractivity contribution in [1.29, 1.82) is 0 Å². The van der Waals surface area contributed by atoms with Gasteiger partial charge in [0.2, 0.25) is 0 Å². The van der Waals surface area contributed by atoms with Crippen LogP contribution in [0, 0.1) is 0 Å². The second-order valence-electron chi connectivity index (χ2n) is 3.55. The van der Waals surface area contributed by atoms with Crippen LogP contribution in [0.5, 0.6) is 0 Å². The van der Waals surface area contributed by atoms with Gasteiger partial charge in [-0.2, -0.15) is 0 Å². The van der Waals surface area contributed by atoms with Crippen LogP contribution in [0.4, 0.5) is 10.6 Å². The Balaban J connectivity index is 1.91. The first-order valence-corrected chi connectivity index (χ1v) is 6.48. The van der Waals surface area contributed by atoms with Gasteiger partial charge < -0.3 is 4.74 Å². The average Bonchev–Trinajstić information content (AvgIpc) is 2.41. The van der Waals surface area contributed by atoms with Gasteiger partial charge in [0.1, 0.15) is 6.61 Å². The summed E-state index contributed by atoms with van der Waals surface area (Å²) in [5.41, 5.74) is 0.902. The summed E-state index contributed by atoms with van der Waals surface area (Å²) >= 11 is 8.86. The first-order chi connectivity index (χ1) is 9.15. The van der Waals surface area contributed by atoms with Gasteiger partial charge >= 0.3 is 6.09 Å². The second-order valence-corrected chi connectivity index (χ2v) is 4.79. The van der Waals surface area contributed by atoms with Gasteiger partial charge in [-0.3, -0.25) is 5.32 Å². The molecule has 0 spiro atoms. The molecule has 98 valence electrons. The number of halogens is 2. The van der Waals surface area contributed by atoms with Crippen LogP contribution in [0.25, 0.3) is 0 Å². The van der Waals surface area contributed by atoms with Gasteiger partial charge in [-0.1, -0.05) is 41.9 Å². The number of carbonyl (C=O) groups excluding carboxylic acids is 1. The monoisotopic (exact) mass is 341 g/mol. The van der Waals surface area contributed by atoms with E-state index in [1.165, 1.54) is 6.07 Å². The zero-order valence-electron chi connectivity index (χ0n) is 9.64. The molecule has 0 aliphatic rings. The topological polar surface area (TPSA) is 64.1 Å². The van der Waals surface area contributed by atoms with Crippen molar-refractivity contribution in [3.05, 3.63) is 51.6 Å². The molecule has 0 radical (unpaired) electrons. The van der Waals surface area contributed by atoms with Crippen LogP contribution >= 0.6 is 27.5 Å². The molecule has 0 fully saturated rings. The Kier molecular flexibility index (Phi) is 4.70. The third-order valence-electron chi connectivity index (χ3n) is 2.15. The fourth-order valence-electron chi connectivity index (χ4n) is 1.29. The van der Waals surface area contributed by atoms with Gasteiger partial charge in [-0.25, -0.2) is 4.79 Å². The highest BCUT2D eigenvalue weighted by molar-refractivity contribution is 9.10. The largest absolute Gasteiger partial charge is 0.444 e. The number of amides is 1. The van der Waals surface area contributed by atoms with Crippen molar-refractivity contribution in [2.75, 3.05) is 5.32 Å². The predicted octanol–water partition coefficient (Wildman–Crippen LogP) is 3.64. The van der Waals surface area contributed by atoms with E-state index in [1.54, 1.807) is 0 Å². The van der Waals surface area contributed by atoms with Crippen LogP contribution < -0.4 is 5.32 Å². The minimum absolute atomic E-state index is 0.186. The Morgan fingerprint density at radius 3 is 2.74 bits per heavy atom. The number of anilines is 1. The number of aromatic nitrogens is 2. The molecular formula is C12H9BrClN3O2. The molecule has 1 aromatic heterocycles. The Morgan fingerprint density at radius 1 is 1.32 bits per heavy atom. The van der Waals surface area contributed by atoms with Gasteiger partial charge in [-0.15, -0.1) is 10.2 Å².